The van der Waals surface area contributed by atoms with Crippen LogP contribution in [0.5, 0.6) is 0 Å². The van der Waals surface area contributed by atoms with Gasteiger partial charge in [0, 0.05) is 19.1 Å². The van der Waals surface area contributed by atoms with Crippen LogP contribution >= 0.6 is 0 Å². The zero-order valence-corrected chi connectivity index (χ0v) is 10.7. The van der Waals surface area contributed by atoms with Gasteiger partial charge in [-0.3, -0.25) is 5.43 Å². The first-order chi connectivity index (χ1) is 8.61. The van der Waals surface area contributed by atoms with Gasteiger partial charge in [-0.1, -0.05) is 0 Å². The predicted molar refractivity (Wildman–Crippen MR) is 68.7 cm³/mol. The number of anilines is 2. The smallest absolute Gasteiger partial charge is 0.239 e. The van der Waals surface area contributed by atoms with E-state index < -0.39 is 5.82 Å². The Hall–Kier alpha value is -1.47. The molecule has 1 saturated heterocycles. The summed E-state index contributed by atoms with van der Waals surface area (Å²) in [4.78, 5) is 12.0. The number of nitrogens with zero attached hydrogens (tertiary/aromatic N) is 4. The average Bonchev–Trinajstić information content (AvgIpc) is 2.39. The molecule has 100 valence electrons. The Balaban J connectivity index is 2.19. The highest BCUT2D eigenvalue weighted by Crippen LogP contribution is 2.22. The van der Waals surface area contributed by atoms with E-state index in [4.69, 9.17) is 5.84 Å². The lowest BCUT2D eigenvalue weighted by Gasteiger charge is -2.36. The van der Waals surface area contributed by atoms with Crippen LogP contribution in [-0.2, 0) is 0 Å². The van der Waals surface area contributed by atoms with Crippen LogP contribution in [0.3, 0.4) is 0 Å². The summed E-state index contributed by atoms with van der Waals surface area (Å²) in [6.07, 6.45) is 3.30. The molecule has 0 amide bonds. The highest BCUT2D eigenvalue weighted by atomic mass is 19.1. The standard InChI is InChI=1S/C11H19FN6/c1-17(2)8-4-3-5-18(7-8)10-9(12)6-14-11(15-10)16-13/h6,8H,3-5,7,13H2,1-2H3,(H,14,15,16). The van der Waals surface area contributed by atoms with Gasteiger partial charge < -0.3 is 9.80 Å². The molecule has 1 aromatic heterocycles. The van der Waals surface area contributed by atoms with E-state index in [9.17, 15) is 4.39 Å². The Bertz CT molecular complexity index is 411. The molecule has 0 bridgehead atoms. The number of halogens is 1. The molecule has 1 fully saturated rings. The molecule has 6 nitrogen and oxygen atoms in total. The first-order valence-corrected chi connectivity index (χ1v) is 6.02. The summed E-state index contributed by atoms with van der Waals surface area (Å²) < 4.78 is 13.8. The fourth-order valence-corrected chi connectivity index (χ4v) is 2.22. The number of piperidine rings is 1. The summed E-state index contributed by atoms with van der Waals surface area (Å²) >= 11 is 0. The van der Waals surface area contributed by atoms with Crippen molar-refractivity contribution in [3.63, 3.8) is 0 Å². The van der Waals surface area contributed by atoms with Crippen molar-refractivity contribution in [3.8, 4) is 0 Å². The van der Waals surface area contributed by atoms with E-state index in [1.807, 2.05) is 19.0 Å². The van der Waals surface area contributed by atoms with Crippen molar-refractivity contribution in [1.29, 1.82) is 0 Å². The van der Waals surface area contributed by atoms with Gasteiger partial charge in [0.15, 0.2) is 11.6 Å². The number of nitrogens with one attached hydrogen (secondary N) is 1. The molecule has 1 aliphatic rings. The predicted octanol–water partition coefficient (Wildman–Crippen LogP) is 0.432. The Labute approximate surface area is 106 Å². The minimum atomic E-state index is -0.409. The van der Waals surface area contributed by atoms with E-state index >= 15 is 0 Å². The number of hydrazine groups is 1. The summed E-state index contributed by atoms with van der Waals surface area (Å²) in [5, 5.41) is 0. The summed E-state index contributed by atoms with van der Waals surface area (Å²) in [5.74, 6) is 5.40. The van der Waals surface area contributed by atoms with Crippen molar-refractivity contribution in [2.24, 2.45) is 5.84 Å². The van der Waals surface area contributed by atoms with Crippen molar-refractivity contribution in [1.82, 2.24) is 14.9 Å². The van der Waals surface area contributed by atoms with Gasteiger partial charge in [0.25, 0.3) is 0 Å². The first kappa shape index (κ1) is 13.0. The van der Waals surface area contributed by atoms with Gasteiger partial charge in [0.05, 0.1) is 6.20 Å². The molecule has 0 radical (unpaired) electrons. The summed E-state index contributed by atoms with van der Waals surface area (Å²) in [6.45, 7) is 1.58. The second-order valence-corrected chi connectivity index (χ2v) is 4.72. The fourth-order valence-electron chi connectivity index (χ4n) is 2.22. The highest BCUT2D eigenvalue weighted by Gasteiger charge is 2.24. The van der Waals surface area contributed by atoms with E-state index in [2.05, 4.69) is 20.3 Å². The van der Waals surface area contributed by atoms with Gasteiger partial charge in [-0.25, -0.2) is 15.2 Å². The maximum absolute atomic E-state index is 13.8. The lowest BCUT2D eigenvalue weighted by Crippen LogP contribution is -2.45. The lowest BCUT2D eigenvalue weighted by atomic mass is 10.1. The average molecular weight is 254 g/mol. The lowest BCUT2D eigenvalue weighted by molar-refractivity contribution is 0.257. The summed E-state index contributed by atoms with van der Waals surface area (Å²) in [6, 6.07) is 0.419. The normalized spacial score (nSPS) is 20.3. The zero-order valence-electron chi connectivity index (χ0n) is 10.7. The molecule has 1 unspecified atom stereocenters. The van der Waals surface area contributed by atoms with Crippen LogP contribution in [0.2, 0.25) is 0 Å². The third kappa shape index (κ3) is 2.68. The topological polar surface area (TPSA) is 70.3 Å². The molecule has 1 aliphatic heterocycles. The van der Waals surface area contributed by atoms with Gasteiger partial charge in [0.2, 0.25) is 5.95 Å². The molecule has 2 heterocycles. The van der Waals surface area contributed by atoms with E-state index in [1.165, 1.54) is 0 Å². The third-order valence-electron chi connectivity index (χ3n) is 3.28. The number of hydrogen-bond donors (Lipinski definition) is 2. The van der Waals surface area contributed by atoms with E-state index in [0.29, 0.717) is 11.9 Å². The molecule has 0 saturated carbocycles. The van der Waals surface area contributed by atoms with Gasteiger partial charge in [-0.05, 0) is 26.9 Å². The highest BCUT2D eigenvalue weighted by molar-refractivity contribution is 5.44. The van der Waals surface area contributed by atoms with Gasteiger partial charge in [-0.2, -0.15) is 4.98 Å². The molecule has 7 heteroatoms. The van der Waals surface area contributed by atoms with E-state index in [1.54, 1.807) is 0 Å². The van der Waals surface area contributed by atoms with Crippen molar-refractivity contribution in [2.75, 3.05) is 37.5 Å². The van der Waals surface area contributed by atoms with Gasteiger partial charge >= 0.3 is 0 Å². The number of nitrogens with two attached hydrogens (primary N) is 1. The third-order valence-corrected chi connectivity index (χ3v) is 3.28. The van der Waals surface area contributed by atoms with Crippen LogP contribution in [0, 0.1) is 5.82 Å². The molecular weight excluding hydrogens is 235 g/mol. The second-order valence-electron chi connectivity index (χ2n) is 4.72. The van der Waals surface area contributed by atoms with Crippen LogP contribution in [0.4, 0.5) is 16.2 Å². The summed E-state index contributed by atoms with van der Waals surface area (Å²) in [5.41, 5.74) is 2.34. The minimum Gasteiger partial charge on any atom is -0.352 e. The first-order valence-electron chi connectivity index (χ1n) is 6.02. The molecule has 2 rings (SSSR count). The van der Waals surface area contributed by atoms with Crippen molar-refractivity contribution in [3.05, 3.63) is 12.0 Å². The molecule has 3 N–H and O–H groups in total. The number of rotatable bonds is 3. The quantitative estimate of drug-likeness (QED) is 0.602. The number of likely N-dealkylation sites (N-methyl/N-ethyl adjacent to an activating group) is 1. The largest absolute Gasteiger partial charge is 0.352 e. The van der Waals surface area contributed by atoms with Gasteiger partial charge in [0.1, 0.15) is 0 Å². The molecule has 1 atom stereocenters. The Kier molecular flexibility index (Phi) is 3.93. The Morgan fingerprint density at radius 2 is 2.33 bits per heavy atom. The van der Waals surface area contributed by atoms with Crippen molar-refractivity contribution >= 4 is 11.8 Å². The number of hydrogen-bond acceptors (Lipinski definition) is 6. The molecule has 0 spiro atoms. The minimum absolute atomic E-state index is 0.235. The molecule has 0 aromatic carbocycles. The number of nitrogen functional groups attached to an aromatic ring is 1. The van der Waals surface area contributed by atoms with E-state index in [-0.39, 0.29) is 5.95 Å². The zero-order chi connectivity index (χ0) is 13.1. The Morgan fingerprint density at radius 3 is 3.00 bits per heavy atom. The van der Waals surface area contributed by atoms with Crippen LogP contribution in [0.1, 0.15) is 12.8 Å². The monoisotopic (exact) mass is 254 g/mol. The SMILES string of the molecule is CN(C)C1CCCN(c2nc(NN)ncc2F)C1. The van der Waals surface area contributed by atoms with Crippen LogP contribution < -0.4 is 16.2 Å². The second kappa shape index (κ2) is 5.45. The van der Waals surface area contributed by atoms with Crippen LogP contribution in [0.15, 0.2) is 6.20 Å². The van der Waals surface area contributed by atoms with Gasteiger partial charge in [-0.15, -0.1) is 0 Å². The molecule has 18 heavy (non-hydrogen) atoms. The Morgan fingerprint density at radius 1 is 1.56 bits per heavy atom. The van der Waals surface area contributed by atoms with E-state index in [0.717, 1.165) is 32.1 Å². The summed E-state index contributed by atoms with van der Waals surface area (Å²) in [7, 11) is 4.08. The molecule has 1 aromatic rings. The van der Waals surface area contributed by atoms with Crippen LogP contribution in [-0.4, -0.2) is 48.1 Å². The number of aromatic nitrogens is 2. The maximum Gasteiger partial charge on any atom is 0.239 e. The molecule has 0 aliphatic carbocycles. The fraction of sp³-hybridized carbons (Fsp3) is 0.636. The molecular formula is C11H19FN6. The maximum atomic E-state index is 13.8. The van der Waals surface area contributed by atoms with Crippen LogP contribution in [0.25, 0.3) is 0 Å². The van der Waals surface area contributed by atoms with Crippen molar-refractivity contribution < 1.29 is 4.39 Å². The van der Waals surface area contributed by atoms with Crippen molar-refractivity contribution in [2.45, 2.75) is 18.9 Å².